The van der Waals surface area contributed by atoms with E-state index in [0.717, 1.165) is 18.2 Å². The van der Waals surface area contributed by atoms with Crippen molar-refractivity contribution in [1.82, 2.24) is 10.6 Å². The quantitative estimate of drug-likeness (QED) is 0.346. The summed E-state index contributed by atoms with van der Waals surface area (Å²) in [6.07, 6.45) is -1.90. The van der Waals surface area contributed by atoms with E-state index in [1.54, 1.807) is 41.5 Å². The van der Waals surface area contributed by atoms with Crippen LogP contribution >= 0.6 is 0 Å². The van der Waals surface area contributed by atoms with Crippen LogP contribution in [0.15, 0.2) is 36.4 Å². The van der Waals surface area contributed by atoms with Crippen molar-refractivity contribution in [2.24, 2.45) is 0 Å². The molecule has 11 nitrogen and oxygen atoms in total. The Morgan fingerprint density at radius 2 is 1.22 bits per heavy atom. The molecule has 0 fully saturated rings. The van der Waals surface area contributed by atoms with E-state index in [1.807, 2.05) is 5.32 Å². The molecule has 0 aliphatic carbocycles. The molecule has 0 saturated carbocycles. The third-order valence-corrected chi connectivity index (χ3v) is 4.60. The van der Waals surface area contributed by atoms with Gasteiger partial charge >= 0.3 is 24.1 Å². The van der Waals surface area contributed by atoms with E-state index in [2.05, 4.69) is 5.32 Å². The molecule has 2 amide bonds. The number of methoxy groups -OCH3 is 1. The zero-order valence-corrected chi connectivity index (χ0v) is 23.5. The zero-order chi connectivity index (χ0) is 31.7. The van der Waals surface area contributed by atoms with E-state index >= 15 is 0 Å². The molecule has 41 heavy (non-hydrogen) atoms. The largest absolute Gasteiger partial charge is 0.494 e. The van der Waals surface area contributed by atoms with Crippen molar-refractivity contribution in [3.8, 4) is 5.75 Å². The summed E-state index contributed by atoms with van der Waals surface area (Å²) in [6, 6.07) is 2.98. The minimum absolute atomic E-state index is 0.0137. The highest BCUT2D eigenvalue weighted by Crippen LogP contribution is 2.23. The second kappa shape index (κ2) is 14.2. The first kappa shape index (κ1) is 34.5. The first-order valence-electron chi connectivity index (χ1n) is 12.0. The number of carbonyl (C=O) groups is 4. The van der Waals surface area contributed by atoms with Crippen LogP contribution in [0.25, 0.3) is 0 Å². The van der Waals surface area contributed by atoms with Gasteiger partial charge in [0.25, 0.3) is 0 Å². The highest BCUT2D eigenvalue weighted by atomic mass is 19.1. The van der Waals surface area contributed by atoms with Crippen molar-refractivity contribution in [2.45, 2.75) is 64.8 Å². The highest BCUT2D eigenvalue weighted by Gasteiger charge is 2.28. The first-order valence-corrected chi connectivity index (χ1v) is 12.0. The minimum atomic E-state index is -1.66. The van der Waals surface area contributed by atoms with Gasteiger partial charge in [0.2, 0.25) is 0 Å². The summed E-state index contributed by atoms with van der Waals surface area (Å²) in [4.78, 5) is 45.5. The summed E-state index contributed by atoms with van der Waals surface area (Å²) in [6.45, 7) is 9.74. The average Bonchev–Trinajstić information content (AvgIpc) is 2.79. The van der Waals surface area contributed by atoms with Gasteiger partial charge < -0.3 is 35.1 Å². The zero-order valence-electron chi connectivity index (χ0n) is 23.5. The van der Waals surface area contributed by atoms with Crippen LogP contribution in [0.1, 0.15) is 64.8 Å². The monoisotopic (exact) mass is 586 g/mol. The fourth-order valence-electron chi connectivity index (χ4n) is 3.01. The van der Waals surface area contributed by atoms with Crippen LogP contribution < -0.4 is 15.4 Å². The summed E-state index contributed by atoms with van der Waals surface area (Å²) in [5.74, 6) is -5.44. The number of amides is 2. The molecule has 226 valence electrons. The summed E-state index contributed by atoms with van der Waals surface area (Å²) in [5, 5.41) is 22.4. The Bertz CT molecular complexity index is 1260. The molecule has 0 aliphatic rings. The number of benzene rings is 2. The number of halogens is 3. The van der Waals surface area contributed by atoms with Gasteiger partial charge in [-0.05, 0) is 65.3 Å². The lowest BCUT2D eigenvalue weighted by Crippen LogP contribution is -2.38. The summed E-state index contributed by atoms with van der Waals surface area (Å²) >= 11 is 0. The second-order valence-corrected chi connectivity index (χ2v) is 10.4. The van der Waals surface area contributed by atoms with E-state index in [9.17, 15) is 32.3 Å². The number of carboxylic acid groups (broad SMARTS) is 2. The van der Waals surface area contributed by atoms with E-state index in [-0.39, 0.29) is 16.9 Å². The van der Waals surface area contributed by atoms with E-state index < -0.39 is 64.9 Å². The molecule has 2 aromatic rings. The van der Waals surface area contributed by atoms with Gasteiger partial charge in [-0.2, -0.15) is 0 Å². The molecule has 0 spiro atoms. The number of rotatable bonds is 7. The first-order chi connectivity index (χ1) is 18.7. The van der Waals surface area contributed by atoms with E-state index in [1.165, 1.54) is 19.2 Å². The maximum absolute atomic E-state index is 13.6. The van der Waals surface area contributed by atoms with Crippen LogP contribution in [0.4, 0.5) is 22.8 Å². The summed E-state index contributed by atoms with van der Waals surface area (Å²) in [7, 11) is 1.30. The topological polar surface area (TPSA) is 160 Å². The SMILES string of the molecule is CC(C)(C)OC(=O)NC(C(=O)O)c1ccc(F)cc1F.COc1ccc(C(NC(=O)OC(C)(C)C)C(=O)O)cc1F. The van der Waals surface area contributed by atoms with E-state index in [0.29, 0.717) is 6.07 Å². The van der Waals surface area contributed by atoms with Gasteiger partial charge in [-0.25, -0.2) is 32.3 Å². The van der Waals surface area contributed by atoms with Crippen LogP contribution in [-0.4, -0.2) is 52.7 Å². The molecule has 0 aromatic heterocycles. The molecule has 2 atom stereocenters. The van der Waals surface area contributed by atoms with Gasteiger partial charge in [-0.1, -0.05) is 12.1 Å². The number of hydrogen-bond acceptors (Lipinski definition) is 7. The van der Waals surface area contributed by atoms with Crippen molar-refractivity contribution in [1.29, 1.82) is 0 Å². The number of carbonyl (C=O) groups excluding carboxylic acids is 2. The molecule has 2 rings (SSSR count). The Morgan fingerprint density at radius 1 is 0.732 bits per heavy atom. The van der Waals surface area contributed by atoms with Crippen molar-refractivity contribution in [3.63, 3.8) is 0 Å². The standard InChI is InChI=1S/C14H18FNO5.C13H15F2NO4/c1-14(2,3)21-13(19)16-11(12(17)18)8-5-6-10(20-4)9(15)7-8;1-13(2,3)20-12(19)16-10(11(17)18)8-5-4-7(14)6-9(8)15/h5-7,11H,1-4H3,(H,16,19)(H,17,18);4-6,10H,1-3H3,(H,16,19)(H,17,18). The Balaban J connectivity index is 0.000000410. The second-order valence-electron chi connectivity index (χ2n) is 10.4. The van der Waals surface area contributed by atoms with Crippen LogP contribution in [0.2, 0.25) is 0 Å². The Hall–Kier alpha value is -4.49. The van der Waals surface area contributed by atoms with Gasteiger partial charge in [0, 0.05) is 11.6 Å². The molecule has 14 heteroatoms. The number of ether oxygens (including phenoxy) is 3. The molecule has 0 saturated heterocycles. The third kappa shape index (κ3) is 12.1. The molecular formula is C27H33F3N2O9. The Morgan fingerprint density at radius 3 is 1.61 bits per heavy atom. The van der Waals surface area contributed by atoms with Gasteiger partial charge in [-0.15, -0.1) is 0 Å². The fraction of sp³-hybridized carbons (Fsp3) is 0.407. The lowest BCUT2D eigenvalue weighted by molar-refractivity contribution is -0.140. The van der Waals surface area contributed by atoms with Crippen LogP contribution in [0.5, 0.6) is 5.75 Å². The summed E-state index contributed by atoms with van der Waals surface area (Å²) in [5.41, 5.74) is -1.87. The highest BCUT2D eigenvalue weighted by molar-refractivity contribution is 5.82. The fourth-order valence-corrected chi connectivity index (χ4v) is 3.01. The number of carboxylic acids is 2. The van der Waals surface area contributed by atoms with Crippen molar-refractivity contribution in [3.05, 3.63) is 65.0 Å². The van der Waals surface area contributed by atoms with Gasteiger partial charge in [0.1, 0.15) is 22.8 Å². The van der Waals surface area contributed by atoms with Crippen molar-refractivity contribution < 1.29 is 56.8 Å². The van der Waals surface area contributed by atoms with Crippen LogP contribution in [0.3, 0.4) is 0 Å². The van der Waals surface area contributed by atoms with Gasteiger partial charge in [-0.3, -0.25) is 0 Å². The maximum atomic E-state index is 13.6. The summed E-state index contributed by atoms with van der Waals surface area (Å²) < 4.78 is 54.6. The van der Waals surface area contributed by atoms with Crippen molar-refractivity contribution in [2.75, 3.05) is 7.11 Å². The Labute approximate surface area is 234 Å². The maximum Gasteiger partial charge on any atom is 0.408 e. The average molecular weight is 587 g/mol. The molecule has 2 aromatic carbocycles. The molecular weight excluding hydrogens is 553 g/mol. The number of hydrogen-bond donors (Lipinski definition) is 4. The smallest absolute Gasteiger partial charge is 0.408 e. The van der Waals surface area contributed by atoms with E-state index in [4.69, 9.17) is 24.4 Å². The molecule has 0 bridgehead atoms. The third-order valence-electron chi connectivity index (χ3n) is 4.60. The van der Waals surface area contributed by atoms with Crippen LogP contribution in [0, 0.1) is 17.5 Å². The predicted octanol–water partition coefficient (Wildman–Crippen LogP) is 5.10. The molecule has 0 aliphatic heterocycles. The number of alkyl carbamates (subject to hydrolysis) is 2. The molecule has 4 N–H and O–H groups in total. The normalized spacial score (nSPS) is 12.5. The lowest BCUT2D eigenvalue weighted by Gasteiger charge is -2.22. The molecule has 0 radical (unpaired) electrons. The molecule has 0 heterocycles. The van der Waals surface area contributed by atoms with Gasteiger partial charge in [0.05, 0.1) is 7.11 Å². The predicted molar refractivity (Wildman–Crippen MR) is 139 cm³/mol. The lowest BCUT2D eigenvalue weighted by atomic mass is 10.1. The number of nitrogens with one attached hydrogen (secondary N) is 2. The molecule has 2 unspecified atom stereocenters. The van der Waals surface area contributed by atoms with Crippen LogP contribution in [-0.2, 0) is 19.1 Å². The van der Waals surface area contributed by atoms with Gasteiger partial charge in [0.15, 0.2) is 23.7 Å². The number of aliphatic carboxylic acids is 2. The Kier molecular flexibility index (Phi) is 12.0. The minimum Gasteiger partial charge on any atom is -0.494 e. The van der Waals surface area contributed by atoms with Crippen molar-refractivity contribution >= 4 is 24.1 Å².